The summed E-state index contributed by atoms with van der Waals surface area (Å²) in [6, 6.07) is 11.6. The summed E-state index contributed by atoms with van der Waals surface area (Å²) in [6.45, 7) is 2.93. The quantitative estimate of drug-likeness (QED) is 0.824. The molecule has 1 unspecified atom stereocenters. The number of aromatic nitrogens is 1. The van der Waals surface area contributed by atoms with E-state index in [0.29, 0.717) is 17.3 Å². The lowest BCUT2D eigenvalue weighted by molar-refractivity contribution is 0.0963. The number of ether oxygens (including phenoxy) is 1. The summed E-state index contributed by atoms with van der Waals surface area (Å²) in [5, 5.41) is 5.88. The largest absolute Gasteiger partial charge is 0.497 e. The highest BCUT2D eigenvalue weighted by Gasteiger charge is 2.11. The predicted molar refractivity (Wildman–Crippen MR) is 92.1 cm³/mol. The van der Waals surface area contributed by atoms with E-state index in [1.807, 2.05) is 12.1 Å². The van der Waals surface area contributed by atoms with Gasteiger partial charge in [0.05, 0.1) is 12.7 Å². The lowest BCUT2D eigenvalue weighted by atomic mass is 9.98. The third-order valence-electron chi connectivity index (χ3n) is 3.83. The van der Waals surface area contributed by atoms with Crippen molar-refractivity contribution >= 4 is 11.7 Å². The molecule has 5 heteroatoms. The average Bonchev–Trinajstić information content (AvgIpc) is 2.61. The number of nitrogens with one attached hydrogen (secondary N) is 2. The Kier molecular flexibility index (Phi) is 5.97. The van der Waals surface area contributed by atoms with E-state index in [1.165, 1.54) is 5.56 Å². The molecule has 23 heavy (non-hydrogen) atoms. The summed E-state index contributed by atoms with van der Waals surface area (Å²) in [5.74, 6) is 1.75. The Balaban J connectivity index is 1.93. The molecule has 0 aliphatic carbocycles. The minimum atomic E-state index is -0.135. The minimum absolute atomic E-state index is 0.135. The van der Waals surface area contributed by atoms with Crippen molar-refractivity contribution in [2.45, 2.75) is 19.3 Å². The molecular weight excluding hydrogens is 290 g/mol. The number of methoxy groups -OCH3 is 1. The van der Waals surface area contributed by atoms with E-state index in [9.17, 15) is 4.79 Å². The van der Waals surface area contributed by atoms with Crippen molar-refractivity contribution in [3.63, 3.8) is 0 Å². The van der Waals surface area contributed by atoms with Crippen molar-refractivity contribution in [1.29, 1.82) is 0 Å². The Labute approximate surface area is 137 Å². The van der Waals surface area contributed by atoms with Gasteiger partial charge in [0.15, 0.2) is 0 Å². The fourth-order valence-electron chi connectivity index (χ4n) is 2.37. The second-order valence-electron chi connectivity index (χ2n) is 5.37. The van der Waals surface area contributed by atoms with Crippen LogP contribution in [-0.2, 0) is 0 Å². The standard InChI is InChI=1S/C18H23N3O2/c1-13(14-6-8-15(23-3)9-7-14)10-12-21-17-16(18(22)19-2)5-4-11-20-17/h4-9,11,13H,10,12H2,1-3H3,(H,19,22)(H,20,21). The first-order valence-electron chi connectivity index (χ1n) is 7.70. The van der Waals surface area contributed by atoms with E-state index in [0.717, 1.165) is 18.7 Å². The Bertz CT molecular complexity index is 641. The molecule has 0 radical (unpaired) electrons. The van der Waals surface area contributed by atoms with E-state index in [1.54, 1.807) is 32.5 Å². The fraction of sp³-hybridized carbons (Fsp3) is 0.333. The molecule has 0 spiro atoms. The van der Waals surface area contributed by atoms with Gasteiger partial charge in [-0.05, 0) is 42.2 Å². The van der Waals surface area contributed by atoms with E-state index >= 15 is 0 Å². The lowest BCUT2D eigenvalue weighted by Crippen LogP contribution is -2.20. The van der Waals surface area contributed by atoms with Crippen LogP contribution in [-0.4, -0.2) is 31.6 Å². The van der Waals surface area contributed by atoms with Crippen LogP contribution in [0.2, 0.25) is 0 Å². The maximum absolute atomic E-state index is 11.8. The minimum Gasteiger partial charge on any atom is -0.497 e. The third-order valence-corrected chi connectivity index (χ3v) is 3.83. The van der Waals surface area contributed by atoms with Crippen LogP contribution in [0.1, 0.15) is 35.2 Å². The zero-order valence-corrected chi connectivity index (χ0v) is 13.8. The highest BCUT2D eigenvalue weighted by atomic mass is 16.5. The lowest BCUT2D eigenvalue weighted by Gasteiger charge is -2.14. The SMILES string of the molecule is CNC(=O)c1cccnc1NCCC(C)c1ccc(OC)cc1. The van der Waals surface area contributed by atoms with Crippen LogP contribution in [0.25, 0.3) is 0 Å². The Morgan fingerprint density at radius 2 is 2.00 bits per heavy atom. The van der Waals surface area contributed by atoms with Gasteiger partial charge >= 0.3 is 0 Å². The van der Waals surface area contributed by atoms with Crippen molar-refractivity contribution in [3.05, 3.63) is 53.7 Å². The Morgan fingerprint density at radius 1 is 1.26 bits per heavy atom. The average molecular weight is 313 g/mol. The second kappa shape index (κ2) is 8.17. The number of amides is 1. The molecule has 0 fully saturated rings. The molecule has 2 N–H and O–H groups in total. The van der Waals surface area contributed by atoms with Crippen molar-refractivity contribution in [1.82, 2.24) is 10.3 Å². The molecule has 1 heterocycles. The first-order valence-corrected chi connectivity index (χ1v) is 7.70. The van der Waals surface area contributed by atoms with Crippen LogP contribution in [0.4, 0.5) is 5.82 Å². The van der Waals surface area contributed by atoms with Gasteiger partial charge in [0.1, 0.15) is 11.6 Å². The van der Waals surface area contributed by atoms with Crippen LogP contribution in [0.15, 0.2) is 42.6 Å². The molecule has 0 saturated heterocycles. The van der Waals surface area contributed by atoms with Gasteiger partial charge in [-0.1, -0.05) is 19.1 Å². The first-order chi connectivity index (χ1) is 11.2. The van der Waals surface area contributed by atoms with Crippen LogP contribution in [0.5, 0.6) is 5.75 Å². The molecule has 0 aliphatic heterocycles. The Morgan fingerprint density at radius 3 is 2.65 bits per heavy atom. The molecule has 1 aromatic heterocycles. The van der Waals surface area contributed by atoms with Crippen LogP contribution in [0, 0.1) is 0 Å². The number of carbonyl (C=O) groups is 1. The van der Waals surface area contributed by atoms with Gasteiger partial charge in [-0.25, -0.2) is 4.98 Å². The maximum atomic E-state index is 11.8. The van der Waals surface area contributed by atoms with Crippen LogP contribution < -0.4 is 15.4 Å². The van der Waals surface area contributed by atoms with Crippen LogP contribution >= 0.6 is 0 Å². The molecule has 0 aliphatic rings. The van der Waals surface area contributed by atoms with Gasteiger partial charge in [-0.15, -0.1) is 0 Å². The summed E-state index contributed by atoms with van der Waals surface area (Å²) in [4.78, 5) is 16.1. The zero-order valence-electron chi connectivity index (χ0n) is 13.8. The summed E-state index contributed by atoms with van der Waals surface area (Å²) >= 11 is 0. The molecule has 2 rings (SSSR count). The van der Waals surface area contributed by atoms with Gasteiger partial charge in [0.2, 0.25) is 0 Å². The van der Waals surface area contributed by atoms with E-state index < -0.39 is 0 Å². The molecule has 2 aromatic rings. The maximum Gasteiger partial charge on any atom is 0.254 e. The molecule has 1 atom stereocenters. The smallest absolute Gasteiger partial charge is 0.254 e. The Hall–Kier alpha value is -2.56. The van der Waals surface area contributed by atoms with Gasteiger partial charge in [0.25, 0.3) is 5.91 Å². The number of hydrogen-bond donors (Lipinski definition) is 2. The van der Waals surface area contributed by atoms with Gasteiger partial charge in [-0.2, -0.15) is 0 Å². The number of anilines is 1. The van der Waals surface area contributed by atoms with Crippen molar-refractivity contribution in [2.24, 2.45) is 0 Å². The molecular formula is C18H23N3O2. The normalized spacial score (nSPS) is 11.6. The second-order valence-corrected chi connectivity index (χ2v) is 5.37. The highest BCUT2D eigenvalue weighted by molar-refractivity contribution is 5.98. The topological polar surface area (TPSA) is 63.2 Å². The van der Waals surface area contributed by atoms with Crippen molar-refractivity contribution in [2.75, 3.05) is 26.0 Å². The number of benzene rings is 1. The number of rotatable bonds is 7. The molecule has 5 nitrogen and oxygen atoms in total. The van der Waals surface area contributed by atoms with E-state index in [2.05, 4.69) is 34.7 Å². The number of pyridine rings is 1. The van der Waals surface area contributed by atoms with Gasteiger partial charge in [0, 0.05) is 19.8 Å². The molecule has 1 aromatic carbocycles. The van der Waals surface area contributed by atoms with Gasteiger partial charge in [-0.3, -0.25) is 4.79 Å². The van der Waals surface area contributed by atoms with Crippen LogP contribution in [0.3, 0.4) is 0 Å². The van der Waals surface area contributed by atoms with Gasteiger partial charge < -0.3 is 15.4 Å². The molecule has 122 valence electrons. The number of carbonyl (C=O) groups excluding carboxylic acids is 1. The van der Waals surface area contributed by atoms with E-state index in [4.69, 9.17) is 4.74 Å². The zero-order chi connectivity index (χ0) is 16.7. The first kappa shape index (κ1) is 16.8. The summed E-state index contributed by atoms with van der Waals surface area (Å²) in [7, 11) is 3.28. The third kappa shape index (κ3) is 4.45. The number of hydrogen-bond acceptors (Lipinski definition) is 4. The monoisotopic (exact) mass is 313 g/mol. The van der Waals surface area contributed by atoms with Crippen molar-refractivity contribution in [3.8, 4) is 5.75 Å². The van der Waals surface area contributed by atoms with E-state index in [-0.39, 0.29) is 5.91 Å². The summed E-state index contributed by atoms with van der Waals surface area (Å²) < 4.78 is 5.18. The number of nitrogens with zero attached hydrogens (tertiary/aromatic N) is 1. The summed E-state index contributed by atoms with van der Waals surface area (Å²) in [6.07, 6.45) is 2.62. The highest BCUT2D eigenvalue weighted by Crippen LogP contribution is 2.22. The molecule has 0 saturated carbocycles. The predicted octanol–water partition coefficient (Wildman–Crippen LogP) is 3.06. The fourth-order valence-corrected chi connectivity index (χ4v) is 2.37. The van der Waals surface area contributed by atoms with Crippen molar-refractivity contribution < 1.29 is 9.53 Å². The summed E-state index contributed by atoms with van der Waals surface area (Å²) in [5.41, 5.74) is 1.83. The molecule has 1 amide bonds. The molecule has 0 bridgehead atoms.